The molecule has 0 bridgehead atoms. The molecule has 8 heavy (non-hydrogen) atoms. The zero-order chi connectivity index (χ0) is 4.50. The summed E-state index contributed by atoms with van der Waals surface area (Å²) in [6, 6.07) is 0. The Morgan fingerprint density at radius 2 is 1.00 bits per heavy atom. The minimum absolute atomic E-state index is 0. The molecule has 0 saturated carbocycles. The fourth-order valence-electron chi connectivity index (χ4n) is 0. The van der Waals surface area contributed by atoms with Gasteiger partial charge in [-0.2, -0.15) is 0 Å². The molecule has 0 aliphatic rings. The van der Waals surface area contributed by atoms with E-state index in [4.69, 9.17) is 19.2 Å². The third-order valence-corrected chi connectivity index (χ3v) is 0. The van der Waals surface area contributed by atoms with Crippen molar-refractivity contribution in [3.8, 4) is 0 Å². The standard InChI is InChI=1S/Al.Na.H4O4Si.H2O.4H/c;;1-5(2,3)4;;;;;/h;;1-4H;1H2;;;;/q;+1;;;;;;-1. The van der Waals surface area contributed by atoms with E-state index in [1.165, 1.54) is 0 Å². The second-order valence-corrected chi connectivity index (χ2v) is 1.80. The zero-order valence-corrected chi connectivity index (χ0v) is 6.79. The molecule has 6 N–H and O–H groups in total. The molecule has 0 spiro atoms. The summed E-state index contributed by atoms with van der Waals surface area (Å²) in [5.41, 5.74) is 0. The second kappa shape index (κ2) is 8.55. The Morgan fingerprint density at radius 1 is 1.00 bits per heavy atom. The van der Waals surface area contributed by atoms with Gasteiger partial charge in [-0.25, -0.2) is 0 Å². The summed E-state index contributed by atoms with van der Waals surface area (Å²) in [5.74, 6) is 0. The fraction of sp³-hybridized carbons (Fsp3) is 0. The molecule has 8 heteroatoms. The van der Waals surface area contributed by atoms with Crippen LogP contribution in [-0.2, 0) is 0 Å². The summed E-state index contributed by atoms with van der Waals surface area (Å²) in [4.78, 5) is 29.3. The van der Waals surface area contributed by atoms with Gasteiger partial charge in [-0.3, -0.25) is 0 Å². The van der Waals surface area contributed by atoms with Gasteiger partial charge >= 0.3 is 38.6 Å². The summed E-state index contributed by atoms with van der Waals surface area (Å²) in [6.45, 7) is 0. The molecule has 0 amide bonds. The Hall–Kier alpha value is 1.55. The molecule has 0 aliphatic carbocycles. The van der Waals surface area contributed by atoms with Gasteiger partial charge in [0.25, 0.3) is 0 Å². The van der Waals surface area contributed by atoms with Crippen molar-refractivity contribution in [1.82, 2.24) is 0 Å². The molecule has 0 fully saturated rings. The van der Waals surface area contributed by atoms with Crippen molar-refractivity contribution < 1.29 is 55.6 Å². The molecular formula is H10AlNaO5Si. The van der Waals surface area contributed by atoms with E-state index in [2.05, 4.69) is 0 Å². The number of hydrogen-bond donors (Lipinski definition) is 4. The van der Waals surface area contributed by atoms with E-state index in [1.54, 1.807) is 0 Å². The van der Waals surface area contributed by atoms with Crippen LogP contribution < -0.4 is 29.6 Å². The van der Waals surface area contributed by atoms with Crippen molar-refractivity contribution in [3.05, 3.63) is 0 Å². The molecule has 0 atom stereocenters. The van der Waals surface area contributed by atoms with Gasteiger partial charge in [-0.05, 0) is 0 Å². The van der Waals surface area contributed by atoms with E-state index in [9.17, 15) is 0 Å². The normalized spacial score (nSPS) is 7.50. The van der Waals surface area contributed by atoms with Crippen molar-refractivity contribution in [3.63, 3.8) is 0 Å². The zero-order valence-electron chi connectivity index (χ0n) is 4.79. The van der Waals surface area contributed by atoms with E-state index in [-0.39, 0.29) is 53.8 Å². The summed E-state index contributed by atoms with van der Waals surface area (Å²) >= 11 is 0. The van der Waals surface area contributed by atoms with Crippen LogP contribution in [0.5, 0.6) is 0 Å². The summed E-state index contributed by atoms with van der Waals surface area (Å²) in [5, 5.41) is 0. The molecule has 0 aromatic carbocycles. The average molecular weight is 168 g/mol. The van der Waals surface area contributed by atoms with Crippen LogP contribution >= 0.6 is 0 Å². The Bertz CT molecular complexity index is 32.4. The molecule has 0 aliphatic heterocycles. The van der Waals surface area contributed by atoms with Crippen molar-refractivity contribution >= 4 is 26.4 Å². The first-order valence-corrected chi connectivity index (χ1v) is 2.68. The number of hydrogen-bond acceptors (Lipinski definition) is 4. The van der Waals surface area contributed by atoms with Gasteiger partial charge in [0.15, 0.2) is 17.4 Å². The van der Waals surface area contributed by atoms with Crippen LogP contribution in [0.25, 0.3) is 0 Å². The van der Waals surface area contributed by atoms with Crippen LogP contribution in [0.15, 0.2) is 0 Å². The minimum Gasteiger partial charge on any atom is -1.00 e. The van der Waals surface area contributed by atoms with Gasteiger partial charge in [0.2, 0.25) is 0 Å². The first kappa shape index (κ1) is 22.7. The van der Waals surface area contributed by atoms with Crippen LogP contribution in [0.3, 0.4) is 0 Å². The first-order valence-electron chi connectivity index (χ1n) is 0.894. The maximum absolute atomic E-state index is 7.33. The van der Waals surface area contributed by atoms with Crippen molar-refractivity contribution in [2.45, 2.75) is 0 Å². The topological polar surface area (TPSA) is 112 Å². The monoisotopic (exact) mass is 168 g/mol. The average Bonchev–Trinajstić information content (AvgIpc) is 0.722. The van der Waals surface area contributed by atoms with Crippen molar-refractivity contribution in [2.75, 3.05) is 0 Å². The molecule has 5 nitrogen and oxygen atoms in total. The van der Waals surface area contributed by atoms with E-state index in [1.807, 2.05) is 0 Å². The predicted octanol–water partition coefficient (Wildman–Crippen LogP) is -7.50. The molecular weight excluding hydrogens is 158 g/mol. The molecule has 0 heterocycles. The van der Waals surface area contributed by atoms with Gasteiger partial charge < -0.3 is 26.1 Å². The molecule has 0 saturated heterocycles. The SMILES string of the molecule is O.O[Si](O)(O)O.[AlH3].[H-].[Na+]. The Kier molecular flexibility index (Phi) is 24.2. The van der Waals surface area contributed by atoms with Crippen LogP contribution in [-0.4, -0.2) is 51.1 Å². The van der Waals surface area contributed by atoms with Gasteiger partial charge in [-0.1, -0.05) is 0 Å². The van der Waals surface area contributed by atoms with E-state index < -0.39 is 9.05 Å². The van der Waals surface area contributed by atoms with Crippen molar-refractivity contribution in [2.24, 2.45) is 0 Å². The smallest absolute Gasteiger partial charge is 1.00 e. The summed E-state index contributed by atoms with van der Waals surface area (Å²) in [7, 11) is -4.61. The maximum atomic E-state index is 7.33. The fourth-order valence-corrected chi connectivity index (χ4v) is 0. The second-order valence-electron chi connectivity index (χ2n) is 0.600. The predicted molar refractivity (Wildman–Crippen MR) is 29.3 cm³/mol. The van der Waals surface area contributed by atoms with Crippen LogP contribution in [0.2, 0.25) is 0 Å². The maximum Gasteiger partial charge on any atom is 1.00 e. The molecule has 0 radical (unpaired) electrons. The van der Waals surface area contributed by atoms with Gasteiger partial charge in [0, 0.05) is 0 Å². The third-order valence-electron chi connectivity index (χ3n) is 0. The summed E-state index contributed by atoms with van der Waals surface area (Å²) in [6.07, 6.45) is 0. The first-order chi connectivity index (χ1) is 2.00. The molecule has 0 rings (SSSR count). The van der Waals surface area contributed by atoms with E-state index in [0.717, 1.165) is 0 Å². The van der Waals surface area contributed by atoms with Gasteiger partial charge in [0.1, 0.15) is 0 Å². The number of rotatable bonds is 0. The third kappa shape index (κ3) is 135. The Balaban J connectivity index is -0.0000000133. The van der Waals surface area contributed by atoms with Gasteiger partial charge in [-0.15, -0.1) is 0 Å². The Labute approximate surface area is 81.7 Å². The molecule has 0 aromatic heterocycles. The van der Waals surface area contributed by atoms with Crippen molar-refractivity contribution in [1.29, 1.82) is 0 Å². The van der Waals surface area contributed by atoms with Gasteiger partial charge in [0.05, 0.1) is 0 Å². The quantitative estimate of drug-likeness (QED) is 0.269. The molecule has 0 unspecified atom stereocenters. The van der Waals surface area contributed by atoms with Crippen LogP contribution in [0.4, 0.5) is 0 Å². The van der Waals surface area contributed by atoms with E-state index in [0.29, 0.717) is 0 Å². The minimum atomic E-state index is -4.61. The largest absolute Gasteiger partial charge is 1.00 e. The summed E-state index contributed by atoms with van der Waals surface area (Å²) < 4.78 is 0. The van der Waals surface area contributed by atoms with E-state index >= 15 is 0 Å². The molecule has 48 valence electrons. The van der Waals surface area contributed by atoms with Crippen LogP contribution in [0.1, 0.15) is 1.43 Å². The van der Waals surface area contributed by atoms with Crippen LogP contribution in [0, 0.1) is 0 Å². The Morgan fingerprint density at radius 3 is 1.00 bits per heavy atom. The molecule has 0 aromatic rings.